The molecule has 0 saturated heterocycles. The molecular formula is C12H14N2O3. The molecule has 90 valence electrons. The SMILES string of the molecule is NCCC[C@@H]1NC(=O)c2cccc(O)c2C1=O. The van der Waals surface area contributed by atoms with Gasteiger partial charge in [-0.15, -0.1) is 0 Å². The Kier molecular flexibility index (Phi) is 3.10. The Bertz CT molecular complexity index is 471. The number of benzene rings is 1. The van der Waals surface area contributed by atoms with Gasteiger partial charge in [0.25, 0.3) is 5.91 Å². The molecule has 1 aromatic carbocycles. The summed E-state index contributed by atoms with van der Waals surface area (Å²) in [5.41, 5.74) is 5.74. The number of Topliss-reactive ketones (excluding diaryl/α,β-unsaturated/α-hetero) is 1. The number of hydrogen-bond donors (Lipinski definition) is 3. The van der Waals surface area contributed by atoms with Crippen molar-refractivity contribution in [3.8, 4) is 5.75 Å². The number of nitrogens with two attached hydrogens (primary N) is 1. The van der Waals surface area contributed by atoms with Gasteiger partial charge in [-0.1, -0.05) is 6.07 Å². The zero-order valence-corrected chi connectivity index (χ0v) is 9.27. The second-order valence-corrected chi connectivity index (χ2v) is 4.02. The number of fused-ring (bicyclic) bond motifs is 1. The molecule has 0 saturated carbocycles. The Balaban J connectivity index is 2.36. The van der Waals surface area contributed by atoms with Crippen molar-refractivity contribution in [1.82, 2.24) is 5.32 Å². The fraction of sp³-hybridized carbons (Fsp3) is 0.333. The van der Waals surface area contributed by atoms with Gasteiger partial charge in [0.1, 0.15) is 5.75 Å². The van der Waals surface area contributed by atoms with Gasteiger partial charge in [0.15, 0.2) is 5.78 Å². The number of amides is 1. The van der Waals surface area contributed by atoms with Crippen molar-refractivity contribution in [2.75, 3.05) is 6.54 Å². The summed E-state index contributed by atoms with van der Waals surface area (Å²) in [5, 5.41) is 12.3. The first-order valence-electron chi connectivity index (χ1n) is 5.52. The largest absolute Gasteiger partial charge is 0.507 e. The van der Waals surface area contributed by atoms with Crippen LogP contribution in [0.3, 0.4) is 0 Å². The molecule has 0 radical (unpaired) electrons. The molecule has 0 unspecified atom stereocenters. The number of nitrogens with one attached hydrogen (secondary N) is 1. The number of hydrogen-bond acceptors (Lipinski definition) is 4. The zero-order valence-electron chi connectivity index (χ0n) is 9.27. The van der Waals surface area contributed by atoms with Crippen LogP contribution in [-0.4, -0.2) is 29.4 Å². The van der Waals surface area contributed by atoms with Gasteiger partial charge in [0, 0.05) is 0 Å². The van der Waals surface area contributed by atoms with Gasteiger partial charge in [0.05, 0.1) is 17.2 Å². The number of aromatic hydroxyl groups is 1. The van der Waals surface area contributed by atoms with Crippen LogP contribution >= 0.6 is 0 Å². The van der Waals surface area contributed by atoms with E-state index >= 15 is 0 Å². The van der Waals surface area contributed by atoms with Crippen LogP contribution in [0.5, 0.6) is 5.75 Å². The Labute approximate surface area is 98.6 Å². The minimum absolute atomic E-state index is 0.123. The van der Waals surface area contributed by atoms with Crippen LogP contribution in [0.4, 0.5) is 0 Å². The topological polar surface area (TPSA) is 92.4 Å². The molecule has 1 heterocycles. The third kappa shape index (κ3) is 2.01. The lowest BCUT2D eigenvalue weighted by Crippen LogP contribution is -2.46. The van der Waals surface area contributed by atoms with Gasteiger partial charge in [-0.2, -0.15) is 0 Å². The highest BCUT2D eigenvalue weighted by Gasteiger charge is 2.33. The molecule has 5 heteroatoms. The van der Waals surface area contributed by atoms with E-state index in [9.17, 15) is 14.7 Å². The highest BCUT2D eigenvalue weighted by molar-refractivity contribution is 6.16. The van der Waals surface area contributed by atoms with Crippen LogP contribution < -0.4 is 11.1 Å². The normalized spacial score (nSPS) is 18.8. The number of phenolic OH excluding ortho intramolecular Hbond substituents is 1. The predicted octanol–water partition coefficient (Wildman–Crippen LogP) is 0.426. The summed E-state index contributed by atoms with van der Waals surface area (Å²) < 4.78 is 0. The van der Waals surface area contributed by atoms with E-state index < -0.39 is 6.04 Å². The molecule has 4 N–H and O–H groups in total. The Morgan fingerprint density at radius 2 is 2.12 bits per heavy atom. The number of ketones is 1. The number of phenols is 1. The van der Waals surface area contributed by atoms with Gasteiger partial charge in [0.2, 0.25) is 0 Å². The molecule has 17 heavy (non-hydrogen) atoms. The van der Waals surface area contributed by atoms with E-state index in [1.807, 2.05) is 0 Å². The van der Waals surface area contributed by atoms with Crippen molar-refractivity contribution < 1.29 is 14.7 Å². The van der Waals surface area contributed by atoms with Gasteiger partial charge >= 0.3 is 0 Å². The maximum Gasteiger partial charge on any atom is 0.252 e. The van der Waals surface area contributed by atoms with E-state index in [4.69, 9.17) is 5.73 Å². The van der Waals surface area contributed by atoms with Crippen LogP contribution in [0, 0.1) is 0 Å². The van der Waals surface area contributed by atoms with Gasteiger partial charge < -0.3 is 16.2 Å². The Hall–Kier alpha value is -1.88. The van der Waals surface area contributed by atoms with Gasteiger partial charge in [-0.25, -0.2) is 0 Å². The molecule has 1 aliphatic rings. The van der Waals surface area contributed by atoms with Crippen molar-refractivity contribution in [3.05, 3.63) is 29.3 Å². The average Bonchev–Trinajstić information content (AvgIpc) is 2.32. The third-order valence-corrected chi connectivity index (χ3v) is 2.85. The lowest BCUT2D eigenvalue weighted by Gasteiger charge is -2.24. The van der Waals surface area contributed by atoms with Gasteiger partial charge in [-0.3, -0.25) is 9.59 Å². The third-order valence-electron chi connectivity index (χ3n) is 2.85. The van der Waals surface area contributed by atoms with Crippen LogP contribution in [0.1, 0.15) is 33.6 Å². The number of carbonyl (C=O) groups excluding carboxylic acids is 2. The summed E-state index contributed by atoms with van der Waals surface area (Å²) in [7, 11) is 0. The van der Waals surface area contributed by atoms with Crippen molar-refractivity contribution in [3.63, 3.8) is 0 Å². The molecule has 5 nitrogen and oxygen atoms in total. The second-order valence-electron chi connectivity index (χ2n) is 4.02. The molecule has 0 spiro atoms. The Morgan fingerprint density at radius 1 is 1.35 bits per heavy atom. The monoisotopic (exact) mass is 234 g/mol. The molecule has 1 atom stereocenters. The van der Waals surface area contributed by atoms with Crippen molar-refractivity contribution >= 4 is 11.7 Å². The summed E-state index contributed by atoms with van der Waals surface area (Å²) in [6.45, 7) is 0.466. The standard InChI is InChI=1S/C12H14N2O3/c13-6-2-4-8-11(16)10-7(12(17)14-8)3-1-5-9(10)15/h1,3,5,8,15H,2,4,6,13H2,(H,14,17)/t8-/m0/s1. The molecule has 2 rings (SSSR count). The maximum atomic E-state index is 12.1. The molecule has 0 aromatic heterocycles. The minimum atomic E-state index is -0.577. The van der Waals surface area contributed by atoms with E-state index in [1.54, 1.807) is 6.07 Å². The van der Waals surface area contributed by atoms with Crippen LogP contribution in [0.25, 0.3) is 0 Å². The van der Waals surface area contributed by atoms with Crippen molar-refractivity contribution in [2.24, 2.45) is 5.73 Å². The molecule has 0 fully saturated rings. The summed E-state index contributed by atoms with van der Waals surface area (Å²) in [6.07, 6.45) is 1.15. The smallest absolute Gasteiger partial charge is 0.252 e. The lowest BCUT2D eigenvalue weighted by atomic mass is 9.91. The summed E-state index contributed by atoms with van der Waals surface area (Å²) in [5.74, 6) is -0.705. The van der Waals surface area contributed by atoms with E-state index in [0.29, 0.717) is 19.4 Å². The minimum Gasteiger partial charge on any atom is -0.507 e. The average molecular weight is 234 g/mol. The lowest BCUT2D eigenvalue weighted by molar-refractivity contribution is 0.0820. The number of rotatable bonds is 3. The molecule has 0 bridgehead atoms. The van der Waals surface area contributed by atoms with E-state index in [1.165, 1.54) is 12.1 Å². The fourth-order valence-electron chi connectivity index (χ4n) is 1.99. The molecular weight excluding hydrogens is 220 g/mol. The quantitative estimate of drug-likeness (QED) is 0.707. The number of carbonyl (C=O) groups is 2. The second kappa shape index (κ2) is 4.55. The van der Waals surface area contributed by atoms with Crippen molar-refractivity contribution in [2.45, 2.75) is 18.9 Å². The van der Waals surface area contributed by atoms with E-state index in [2.05, 4.69) is 5.32 Å². The first-order chi connectivity index (χ1) is 8.15. The molecule has 0 aliphatic carbocycles. The van der Waals surface area contributed by atoms with E-state index in [0.717, 1.165) is 0 Å². The van der Waals surface area contributed by atoms with Crippen LogP contribution in [0.15, 0.2) is 18.2 Å². The highest BCUT2D eigenvalue weighted by Crippen LogP contribution is 2.26. The first kappa shape index (κ1) is 11.6. The summed E-state index contributed by atoms with van der Waals surface area (Å²) >= 11 is 0. The Morgan fingerprint density at radius 3 is 2.82 bits per heavy atom. The van der Waals surface area contributed by atoms with Crippen molar-refractivity contribution in [1.29, 1.82) is 0 Å². The highest BCUT2D eigenvalue weighted by atomic mass is 16.3. The zero-order chi connectivity index (χ0) is 12.4. The first-order valence-corrected chi connectivity index (χ1v) is 5.52. The predicted molar refractivity (Wildman–Crippen MR) is 62.0 cm³/mol. The van der Waals surface area contributed by atoms with Crippen LogP contribution in [-0.2, 0) is 0 Å². The fourth-order valence-corrected chi connectivity index (χ4v) is 1.99. The maximum absolute atomic E-state index is 12.1. The summed E-state index contributed by atoms with van der Waals surface area (Å²) in [6, 6.07) is 3.91. The summed E-state index contributed by atoms with van der Waals surface area (Å²) in [4.78, 5) is 23.8. The molecule has 1 amide bonds. The van der Waals surface area contributed by atoms with Crippen LogP contribution in [0.2, 0.25) is 0 Å². The van der Waals surface area contributed by atoms with E-state index in [-0.39, 0.29) is 28.6 Å². The van der Waals surface area contributed by atoms with Gasteiger partial charge in [-0.05, 0) is 31.5 Å². The molecule has 1 aliphatic heterocycles. The molecule has 1 aromatic rings.